The molecule has 0 bridgehead atoms. The summed E-state index contributed by atoms with van der Waals surface area (Å²) >= 11 is 6.24. The predicted molar refractivity (Wildman–Crippen MR) is 100 cm³/mol. The average Bonchev–Trinajstić information content (AvgIpc) is 3.32. The highest BCUT2D eigenvalue weighted by Gasteiger charge is 2.42. The van der Waals surface area contributed by atoms with Crippen molar-refractivity contribution >= 4 is 17.3 Å². The molecule has 5 rings (SSSR count). The summed E-state index contributed by atoms with van der Waals surface area (Å²) in [6.07, 6.45) is 2.08. The topological polar surface area (TPSA) is 38.0 Å². The number of ether oxygens (including phenoxy) is 1. The third-order valence-corrected chi connectivity index (χ3v) is 5.16. The molecule has 0 spiro atoms. The molecule has 3 heterocycles. The van der Waals surface area contributed by atoms with Crippen LogP contribution in [0.25, 0.3) is 0 Å². The first-order valence-corrected chi connectivity index (χ1v) is 8.99. The minimum Gasteiger partial charge on any atom is -0.463 e. The van der Waals surface area contributed by atoms with Gasteiger partial charge < -0.3 is 9.15 Å². The van der Waals surface area contributed by atoms with E-state index < -0.39 is 0 Å². The molecule has 1 aromatic heterocycles. The average molecular weight is 365 g/mol. The van der Waals surface area contributed by atoms with Gasteiger partial charge >= 0.3 is 0 Å². The molecule has 0 aliphatic carbocycles. The maximum atomic E-state index is 6.24. The van der Waals surface area contributed by atoms with Crippen LogP contribution in [-0.4, -0.2) is 10.7 Å². The van der Waals surface area contributed by atoms with Crippen molar-refractivity contribution in [3.63, 3.8) is 0 Å². The van der Waals surface area contributed by atoms with Crippen molar-refractivity contribution in [1.82, 2.24) is 5.01 Å². The standard InChI is InChI=1S/C21H17ClN2O2/c1-13-4-6-14(7-5-13)17-12-18-16-11-15(22)8-9-19(16)26-21(24(18)23-17)20-3-2-10-25-20/h2-11,18,21H,12H2,1H3/t18-,21-/m1/s1. The predicted octanol–water partition coefficient (Wildman–Crippen LogP) is 5.48. The van der Waals surface area contributed by atoms with E-state index in [1.54, 1.807) is 6.26 Å². The molecule has 130 valence electrons. The Morgan fingerprint density at radius 2 is 1.96 bits per heavy atom. The fourth-order valence-electron chi connectivity index (χ4n) is 3.60. The van der Waals surface area contributed by atoms with Gasteiger partial charge in [0, 0.05) is 17.0 Å². The molecule has 0 amide bonds. The first-order valence-electron chi connectivity index (χ1n) is 8.61. The summed E-state index contributed by atoms with van der Waals surface area (Å²) in [6, 6.07) is 18.1. The van der Waals surface area contributed by atoms with E-state index in [4.69, 9.17) is 25.9 Å². The highest BCUT2D eigenvalue weighted by atomic mass is 35.5. The van der Waals surface area contributed by atoms with Crippen LogP contribution in [0.4, 0.5) is 0 Å². The fraction of sp³-hybridized carbons (Fsp3) is 0.190. The van der Waals surface area contributed by atoms with Crippen LogP contribution in [0.2, 0.25) is 5.02 Å². The van der Waals surface area contributed by atoms with Crippen molar-refractivity contribution in [1.29, 1.82) is 0 Å². The number of furan rings is 1. The quantitative estimate of drug-likeness (QED) is 0.604. The molecule has 2 aromatic carbocycles. The number of nitrogens with zero attached hydrogens (tertiary/aromatic N) is 2. The molecule has 3 aromatic rings. The maximum absolute atomic E-state index is 6.24. The molecule has 4 nitrogen and oxygen atoms in total. The molecular weight excluding hydrogens is 348 g/mol. The smallest absolute Gasteiger partial charge is 0.246 e. The van der Waals surface area contributed by atoms with Gasteiger partial charge in [-0.05, 0) is 42.8 Å². The lowest BCUT2D eigenvalue weighted by molar-refractivity contribution is -0.0325. The SMILES string of the molecule is Cc1ccc(C2=NN3[C@H](C2)c2cc(Cl)ccc2O[C@@H]3c2ccco2)cc1. The summed E-state index contributed by atoms with van der Waals surface area (Å²) in [7, 11) is 0. The van der Waals surface area contributed by atoms with E-state index in [1.807, 2.05) is 35.3 Å². The molecule has 0 N–H and O–H groups in total. The van der Waals surface area contributed by atoms with Crippen LogP contribution in [0.1, 0.15) is 41.1 Å². The molecule has 0 fully saturated rings. The molecular formula is C21H17ClN2O2. The Labute approximate surface area is 156 Å². The Kier molecular flexibility index (Phi) is 3.54. The van der Waals surface area contributed by atoms with Gasteiger partial charge in [0.25, 0.3) is 0 Å². The Morgan fingerprint density at radius 1 is 1.12 bits per heavy atom. The molecule has 2 aliphatic heterocycles. The molecule has 26 heavy (non-hydrogen) atoms. The summed E-state index contributed by atoms with van der Waals surface area (Å²) in [5.74, 6) is 1.57. The normalized spacial score (nSPS) is 21.0. The molecule has 5 heteroatoms. The summed E-state index contributed by atoms with van der Waals surface area (Å²) in [6.45, 7) is 2.09. The number of rotatable bonds is 2. The molecule has 0 saturated heterocycles. The largest absolute Gasteiger partial charge is 0.463 e. The van der Waals surface area contributed by atoms with E-state index in [2.05, 4.69) is 31.2 Å². The van der Waals surface area contributed by atoms with Crippen LogP contribution in [0.3, 0.4) is 0 Å². The van der Waals surface area contributed by atoms with Crippen molar-refractivity contribution in [3.8, 4) is 5.75 Å². The zero-order chi connectivity index (χ0) is 17.7. The lowest BCUT2D eigenvalue weighted by Gasteiger charge is -2.36. The van der Waals surface area contributed by atoms with Crippen LogP contribution in [0, 0.1) is 6.92 Å². The van der Waals surface area contributed by atoms with Crippen LogP contribution in [-0.2, 0) is 0 Å². The first kappa shape index (κ1) is 15.5. The zero-order valence-electron chi connectivity index (χ0n) is 14.2. The van der Waals surface area contributed by atoms with Gasteiger partial charge in [-0.2, -0.15) is 5.10 Å². The molecule has 0 unspecified atom stereocenters. The van der Waals surface area contributed by atoms with Crippen LogP contribution in [0.15, 0.2) is 70.4 Å². The van der Waals surface area contributed by atoms with Gasteiger partial charge in [0.15, 0.2) is 5.76 Å². The van der Waals surface area contributed by atoms with Crippen molar-refractivity contribution in [2.45, 2.75) is 25.6 Å². The molecule has 0 saturated carbocycles. The second-order valence-electron chi connectivity index (χ2n) is 6.68. The monoisotopic (exact) mass is 364 g/mol. The van der Waals surface area contributed by atoms with Crippen molar-refractivity contribution in [2.24, 2.45) is 5.10 Å². The number of halogens is 1. The Morgan fingerprint density at radius 3 is 2.73 bits per heavy atom. The summed E-state index contributed by atoms with van der Waals surface area (Å²) in [5.41, 5.74) is 4.47. The van der Waals surface area contributed by atoms with E-state index in [0.29, 0.717) is 5.02 Å². The van der Waals surface area contributed by atoms with E-state index in [0.717, 1.165) is 34.8 Å². The van der Waals surface area contributed by atoms with Gasteiger partial charge in [-0.3, -0.25) is 0 Å². The van der Waals surface area contributed by atoms with E-state index in [9.17, 15) is 0 Å². The van der Waals surface area contributed by atoms with Gasteiger partial charge in [0.1, 0.15) is 5.75 Å². The summed E-state index contributed by atoms with van der Waals surface area (Å²) < 4.78 is 11.8. The lowest BCUT2D eigenvalue weighted by Crippen LogP contribution is -2.33. The lowest BCUT2D eigenvalue weighted by atomic mass is 9.96. The van der Waals surface area contributed by atoms with E-state index >= 15 is 0 Å². The number of hydrogen-bond acceptors (Lipinski definition) is 4. The van der Waals surface area contributed by atoms with E-state index in [-0.39, 0.29) is 12.3 Å². The van der Waals surface area contributed by atoms with Gasteiger partial charge in [-0.1, -0.05) is 41.4 Å². The number of hydrogen-bond donors (Lipinski definition) is 0. The van der Waals surface area contributed by atoms with Crippen LogP contribution in [0.5, 0.6) is 5.75 Å². The minimum atomic E-state index is -0.383. The number of benzene rings is 2. The highest BCUT2D eigenvalue weighted by molar-refractivity contribution is 6.30. The van der Waals surface area contributed by atoms with E-state index in [1.165, 1.54) is 5.56 Å². The highest BCUT2D eigenvalue weighted by Crippen LogP contribution is 2.48. The fourth-order valence-corrected chi connectivity index (χ4v) is 3.78. The zero-order valence-corrected chi connectivity index (χ0v) is 15.0. The van der Waals surface area contributed by atoms with Crippen LogP contribution >= 0.6 is 11.6 Å². The van der Waals surface area contributed by atoms with Crippen molar-refractivity contribution in [3.05, 3.63) is 88.3 Å². The third-order valence-electron chi connectivity index (χ3n) is 4.92. The first-order chi connectivity index (χ1) is 12.7. The number of hydrazone groups is 1. The molecule has 2 atom stereocenters. The van der Waals surface area contributed by atoms with Crippen LogP contribution < -0.4 is 4.74 Å². The second kappa shape index (κ2) is 5.92. The molecule has 2 aliphatic rings. The minimum absolute atomic E-state index is 0.0730. The Bertz CT molecular complexity index is 980. The third kappa shape index (κ3) is 2.49. The molecule has 0 radical (unpaired) electrons. The van der Waals surface area contributed by atoms with Gasteiger partial charge in [0.05, 0.1) is 18.0 Å². The summed E-state index contributed by atoms with van der Waals surface area (Å²) in [5, 5.41) is 7.59. The maximum Gasteiger partial charge on any atom is 0.246 e. The Hall–Kier alpha value is -2.72. The van der Waals surface area contributed by atoms with Gasteiger partial charge in [-0.15, -0.1) is 0 Å². The second-order valence-corrected chi connectivity index (χ2v) is 7.12. The van der Waals surface area contributed by atoms with Crippen molar-refractivity contribution in [2.75, 3.05) is 0 Å². The van der Waals surface area contributed by atoms with Gasteiger partial charge in [-0.25, -0.2) is 5.01 Å². The Balaban J connectivity index is 1.60. The summed E-state index contributed by atoms with van der Waals surface area (Å²) in [4.78, 5) is 0. The van der Waals surface area contributed by atoms with Gasteiger partial charge in [0.2, 0.25) is 6.23 Å². The van der Waals surface area contributed by atoms with Crippen molar-refractivity contribution < 1.29 is 9.15 Å². The number of aryl methyl sites for hydroxylation is 1. The number of fused-ring (bicyclic) bond motifs is 3.